The third kappa shape index (κ3) is 3.44. The van der Waals surface area contributed by atoms with Gasteiger partial charge in [-0.15, -0.1) is 6.42 Å². The Morgan fingerprint density at radius 1 is 0.967 bits per heavy atom. The zero-order chi connectivity index (χ0) is 21.6. The molecule has 4 heteroatoms. The second-order valence-electron chi connectivity index (χ2n) is 10.0. The summed E-state index contributed by atoms with van der Waals surface area (Å²) in [5, 5.41) is 2.46. The van der Waals surface area contributed by atoms with Crippen molar-refractivity contribution in [2.24, 2.45) is 5.41 Å². The van der Waals surface area contributed by atoms with E-state index in [1.807, 2.05) is 0 Å². The van der Waals surface area contributed by atoms with Crippen LogP contribution in [0.15, 0.2) is 60.7 Å². The molecular formula is C26H32O3Si. The molecule has 4 rings (SSSR count). The Morgan fingerprint density at radius 2 is 1.50 bits per heavy atom. The van der Waals surface area contributed by atoms with Gasteiger partial charge in [0.1, 0.15) is 18.3 Å². The van der Waals surface area contributed by atoms with Crippen molar-refractivity contribution in [3.05, 3.63) is 60.7 Å². The predicted octanol–water partition coefficient (Wildman–Crippen LogP) is 3.76. The molecule has 0 amide bonds. The molecule has 2 heterocycles. The molecule has 2 aromatic rings. The molecule has 0 bridgehead atoms. The van der Waals surface area contributed by atoms with Crippen molar-refractivity contribution in [2.75, 3.05) is 6.61 Å². The van der Waals surface area contributed by atoms with Crippen molar-refractivity contribution in [2.45, 2.75) is 64.1 Å². The van der Waals surface area contributed by atoms with Crippen molar-refractivity contribution < 1.29 is 13.9 Å². The Balaban J connectivity index is 1.69. The summed E-state index contributed by atoms with van der Waals surface area (Å²) in [6.07, 6.45) is 5.57. The van der Waals surface area contributed by atoms with Gasteiger partial charge in [-0.2, -0.15) is 0 Å². The van der Waals surface area contributed by atoms with Crippen LogP contribution >= 0.6 is 0 Å². The fourth-order valence-corrected chi connectivity index (χ4v) is 9.51. The second kappa shape index (κ2) is 7.66. The van der Waals surface area contributed by atoms with Crippen molar-refractivity contribution in [1.29, 1.82) is 0 Å². The fraction of sp³-hybridized carbons (Fsp3) is 0.462. The average molecular weight is 421 g/mol. The van der Waals surface area contributed by atoms with E-state index in [0.29, 0.717) is 6.61 Å². The van der Waals surface area contributed by atoms with Crippen molar-refractivity contribution >= 4 is 18.7 Å². The maximum absolute atomic E-state index is 7.03. The summed E-state index contributed by atoms with van der Waals surface area (Å²) in [5.74, 6) is 2.83. The summed E-state index contributed by atoms with van der Waals surface area (Å²) in [4.78, 5) is 0. The molecule has 0 spiro atoms. The highest BCUT2D eigenvalue weighted by molar-refractivity contribution is 6.99. The molecule has 2 saturated heterocycles. The van der Waals surface area contributed by atoms with Crippen molar-refractivity contribution in [3.63, 3.8) is 0 Å². The van der Waals surface area contributed by atoms with Crippen LogP contribution < -0.4 is 10.4 Å². The number of benzene rings is 2. The van der Waals surface area contributed by atoms with E-state index >= 15 is 0 Å². The molecule has 0 aliphatic carbocycles. The quantitative estimate of drug-likeness (QED) is 0.419. The Kier molecular flexibility index (Phi) is 5.44. The molecule has 158 valence electrons. The fourth-order valence-electron chi connectivity index (χ4n) is 4.94. The predicted molar refractivity (Wildman–Crippen MR) is 124 cm³/mol. The molecule has 3 nitrogen and oxygen atoms in total. The Hall–Kier alpha value is -1.90. The molecule has 0 saturated carbocycles. The van der Waals surface area contributed by atoms with Gasteiger partial charge >= 0.3 is 0 Å². The third-order valence-corrected chi connectivity index (χ3v) is 11.6. The van der Waals surface area contributed by atoms with Gasteiger partial charge in [-0.25, -0.2) is 0 Å². The number of terminal acetylenes is 1. The Bertz CT molecular complexity index is 871. The molecule has 4 atom stereocenters. The first-order chi connectivity index (χ1) is 14.2. The standard InChI is InChI=1S/C26H32O3Si/c1-7-22-26(5,6)24-23(29-24)21(28-22)18-27-30(25(2,3)4,19-14-10-8-11-15-19)20-16-12-9-13-17-20/h1,8-17,21-24H,18H2,2-6H3/t21-,22-,23-,24-/m1/s1. The SMILES string of the molecule is C#C[C@H]1O[C@H](CO[Si](c2ccccc2)(c2ccccc2)C(C)(C)C)[C@H]2O[C@H]2C1(C)C. The van der Waals surface area contributed by atoms with Crippen LogP contribution in [0.25, 0.3) is 0 Å². The lowest BCUT2D eigenvalue weighted by Gasteiger charge is -2.44. The Morgan fingerprint density at radius 3 is 1.97 bits per heavy atom. The van der Waals surface area contributed by atoms with Gasteiger partial charge in [-0.3, -0.25) is 0 Å². The highest BCUT2D eigenvalue weighted by Gasteiger charge is 2.62. The van der Waals surface area contributed by atoms with Crippen LogP contribution in [0.2, 0.25) is 5.04 Å². The number of fused-ring (bicyclic) bond motifs is 1. The number of ether oxygens (including phenoxy) is 2. The van der Waals surface area contributed by atoms with Gasteiger partial charge in [-0.1, -0.05) is 101 Å². The molecule has 0 aromatic heterocycles. The van der Waals surface area contributed by atoms with Crippen LogP contribution in [0.1, 0.15) is 34.6 Å². The van der Waals surface area contributed by atoms with Crippen LogP contribution in [0.4, 0.5) is 0 Å². The van der Waals surface area contributed by atoms with Crippen LogP contribution in [0.5, 0.6) is 0 Å². The monoisotopic (exact) mass is 420 g/mol. The molecule has 2 aromatic carbocycles. The van der Waals surface area contributed by atoms with Gasteiger partial charge in [0.15, 0.2) is 0 Å². The molecular weight excluding hydrogens is 388 g/mol. The average Bonchev–Trinajstić information content (AvgIpc) is 3.53. The summed E-state index contributed by atoms with van der Waals surface area (Å²) in [6, 6.07) is 21.3. The second-order valence-corrected chi connectivity index (χ2v) is 14.3. The van der Waals surface area contributed by atoms with Crippen LogP contribution in [-0.2, 0) is 13.9 Å². The smallest absolute Gasteiger partial charge is 0.261 e. The van der Waals surface area contributed by atoms with Gasteiger partial charge in [0.25, 0.3) is 8.32 Å². The first-order valence-corrected chi connectivity index (χ1v) is 12.6. The molecule has 30 heavy (non-hydrogen) atoms. The summed E-state index contributed by atoms with van der Waals surface area (Å²) in [7, 11) is -2.60. The first kappa shape index (κ1) is 21.3. The van der Waals surface area contributed by atoms with Crippen LogP contribution in [-0.4, -0.2) is 39.3 Å². The van der Waals surface area contributed by atoms with Gasteiger partial charge in [0, 0.05) is 5.41 Å². The minimum Gasteiger partial charge on any atom is -0.405 e. The Labute approximate surface area is 181 Å². The maximum atomic E-state index is 7.03. The summed E-state index contributed by atoms with van der Waals surface area (Å²) >= 11 is 0. The molecule has 2 fully saturated rings. The highest BCUT2D eigenvalue weighted by atomic mass is 28.4. The molecule has 2 aliphatic heterocycles. The lowest BCUT2D eigenvalue weighted by molar-refractivity contribution is -0.0824. The normalized spacial score (nSPS) is 27.7. The number of epoxide rings is 1. The number of hydrogen-bond acceptors (Lipinski definition) is 3. The van der Waals surface area contributed by atoms with Crippen molar-refractivity contribution in [3.8, 4) is 12.3 Å². The van der Waals surface area contributed by atoms with E-state index in [1.54, 1.807) is 0 Å². The lowest BCUT2D eigenvalue weighted by atomic mass is 9.79. The van der Waals surface area contributed by atoms with Gasteiger partial charge in [0.05, 0.1) is 12.7 Å². The van der Waals surface area contributed by atoms with E-state index in [9.17, 15) is 0 Å². The molecule has 0 N–H and O–H groups in total. The zero-order valence-electron chi connectivity index (χ0n) is 18.6. The van der Waals surface area contributed by atoms with E-state index in [2.05, 4.69) is 101 Å². The summed E-state index contributed by atoms with van der Waals surface area (Å²) in [5.41, 5.74) is -0.173. The largest absolute Gasteiger partial charge is 0.405 e. The molecule has 2 aliphatic rings. The maximum Gasteiger partial charge on any atom is 0.261 e. The third-order valence-electron chi connectivity index (χ3n) is 6.64. The van der Waals surface area contributed by atoms with Crippen molar-refractivity contribution in [1.82, 2.24) is 0 Å². The van der Waals surface area contributed by atoms with E-state index in [0.717, 1.165) is 0 Å². The molecule has 0 radical (unpaired) electrons. The van der Waals surface area contributed by atoms with Gasteiger partial charge < -0.3 is 13.9 Å². The van der Waals surface area contributed by atoms with E-state index in [1.165, 1.54) is 10.4 Å². The highest BCUT2D eigenvalue weighted by Crippen LogP contribution is 2.49. The van der Waals surface area contributed by atoms with E-state index in [-0.39, 0.29) is 34.9 Å². The minimum absolute atomic E-state index is 0.0582. The number of rotatable bonds is 5. The topological polar surface area (TPSA) is 31.0 Å². The summed E-state index contributed by atoms with van der Waals surface area (Å²) < 4.78 is 19.4. The zero-order valence-corrected chi connectivity index (χ0v) is 19.6. The minimum atomic E-state index is -2.60. The van der Waals surface area contributed by atoms with Gasteiger partial charge in [0.2, 0.25) is 0 Å². The van der Waals surface area contributed by atoms with E-state index < -0.39 is 8.32 Å². The first-order valence-electron chi connectivity index (χ1n) is 10.7. The summed E-state index contributed by atoms with van der Waals surface area (Å²) in [6.45, 7) is 11.6. The van der Waals surface area contributed by atoms with Crippen LogP contribution in [0.3, 0.4) is 0 Å². The van der Waals surface area contributed by atoms with Gasteiger partial charge in [-0.05, 0) is 15.4 Å². The van der Waals surface area contributed by atoms with E-state index in [4.69, 9.17) is 20.3 Å². The molecule has 0 unspecified atom stereocenters. The number of hydrogen-bond donors (Lipinski definition) is 0. The van der Waals surface area contributed by atoms with Crippen LogP contribution in [0, 0.1) is 17.8 Å². The lowest BCUT2D eigenvalue weighted by Crippen LogP contribution is -2.67.